The standard InChI is InChI=1S/C14H17N3O2.C2H6/c1-3-5-6-9-11(4-2)16-17-13(9)10-7-8-12(18)15-14(10)19;1-2/h4-6,10H,2-3,7-8H2,1H3,(H,16,17)(H,15,18,19);1-2H3/b6-5-;. The molecule has 2 heterocycles. The number of hydrogen-bond acceptors (Lipinski definition) is 3. The van der Waals surface area contributed by atoms with Crippen LogP contribution in [-0.4, -0.2) is 22.0 Å². The molecule has 0 aromatic carbocycles. The molecule has 0 bridgehead atoms. The van der Waals surface area contributed by atoms with Gasteiger partial charge in [0.25, 0.3) is 0 Å². The smallest absolute Gasteiger partial charge is 0.235 e. The quantitative estimate of drug-likeness (QED) is 0.837. The Morgan fingerprint density at radius 1 is 1.38 bits per heavy atom. The molecule has 1 unspecified atom stereocenters. The predicted octanol–water partition coefficient (Wildman–Crippen LogP) is 3.02. The normalized spacial score (nSPS) is 18.1. The summed E-state index contributed by atoms with van der Waals surface area (Å²) in [5, 5.41) is 9.42. The van der Waals surface area contributed by atoms with Gasteiger partial charge in [-0.3, -0.25) is 20.0 Å². The molecule has 1 aliphatic rings. The van der Waals surface area contributed by atoms with Gasteiger partial charge in [0, 0.05) is 12.0 Å². The highest BCUT2D eigenvalue weighted by Gasteiger charge is 2.31. The zero-order valence-corrected chi connectivity index (χ0v) is 12.9. The fraction of sp³-hybridized carbons (Fsp3) is 0.438. The monoisotopic (exact) mass is 289 g/mol. The fourth-order valence-electron chi connectivity index (χ4n) is 2.18. The molecule has 1 aliphatic heterocycles. The summed E-state index contributed by atoms with van der Waals surface area (Å²) in [6.07, 6.45) is 7.37. The molecule has 1 fully saturated rings. The van der Waals surface area contributed by atoms with Gasteiger partial charge in [0.15, 0.2) is 0 Å². The second kappa shape index (κ2) is 8.19. The van der Waals surface area contributed by atoms with Crippen LogP contribution >= 0.6 is 0 Å². The minimum Gasteiger partial charge on any atom is -0.296 e. The zero-order valence-electron chi connectivity index (χ0n) is 12.9. The summed E-state index contributed by atoms with van der Waals surface area (Å²) in [6, 6.07) is 0. The van der Waals surface area contributed by atoms with Crippen molar-refractivity contribution in [1.29, 1.82) is 0 Å². The van der Waals surface area contributed by atoms with Gasteiger partial charge in [-0.25, -0.2) is 0 Å². The van der Waals surface area contributed by atoms with E-state index in [2.05, 4.69) is 22.1 Å². The van der Waals surface area contributed by atoms with Crippen LogP contribution in [0, 0.1) is 0 Å². The molecule has 0 spiro atoms. The van der Waals surface area contributed by atoms with Crippen molar-refractivity contribution in [2.45, 2.75) is 46.0 Å². The summed E-state index contributed by atoms with van der Waals surface area (Å²) in [6.45, 7) is 9.76. The molecule has 1 atom stereocenters. The van der Waals surface area contributed by atoms with Gasteiger partial charge >= 0.3 is 0 Å². The molecule has 1 saturated heterocycles. The maximum atomic E-state index is 11.9. The van der Waals surface area contributed by atoms with Crippen molar-refractivity contribution in [3.63, 3.8) is 0 Å². The van der Waals surface area contributed by atoms with Gasteiger partial charge in [0.2, 0.25) is 11.8 Å². The van der Waals surface area contributed by atoms with E-state index in [-0.39, 0.29) is 17.7 Å². The summed E-state index contributed by atoms with van der Waals surface area (Å²) in [4.78, 5) is 23.1. The van der Waals surface area contributed by atoms with Gasteiger partial charge in [0.05, 0.1) is 17.3 Å². The van der Waals surface area contributed by atoms with E-state index >= 15 is 0 Å². The SMILES string of the molecule is C=Cc1n[nH]c(C2CCC(=O)NC2=O)c1/C=C\CC.CC. The average molecular weight is 289 g/mol. The number of allylic oxidation sites excluding steroid dienone is 1. The van der Waals surface area contributed by atoms with Gasteiger partial charge in [-0.05, 0) is 18.9 Å². The van der Waals surface area contributed by atoms with Gasteiger partial charge in [-0.1, -0.05) is 39.5 Å². The molecule has 0 saturated carbocycles. The highest BCUT2D eigenvalue weighted by molar-refractivity contribution is 6.01. The number of carbonyl (C=O) groups excluding carboxylic acids is 2. The van der Waals surface area contributed by atoms with Gasteiger partial charge in [0.1, 0.15) is 0 Å². The first kappa shape index (κ1) is 16.9. The Labute approximate surface area is 125 Å². The van der Waals surface area contributed by atoms with Crippen LogP contribution in [-0.2, 0) is 9.59 Å². The molecule has 21 heavy (non-hydrogen) atoms. The van der Waals surface area contributed by atoms with Crippen LogP contribution in [0.2, 0.25) is 0 Å². The van der Waals surface area contributed by atoms with Crippen LogP contribution in [0.5, 0.6) is 0 Å². The van der Waals surface area contributed by atoms with Crippen LogP contribution in [0.3, 0.4) is 0 Å². The zero-order chi connectivity index (χ0) is 15.8. The van der Waals surface area contributed by atoms with E-state index in [1.807, 2.05) is 32.9 Å². The van der Waals surface area contributed by atoms with Crippen LogP contribution in [0.25, 0.3) is 12.2 Å². The van der Waals surface area contributed by atoms with Crippen LogP contribution in [0.15, 0.2) is 12.7 Å². The van der Waals surface area contributed by atoms with E-state index in [4.69, 9.17) is 0 Å². The Bertz CT molecular complexity index is 544. The molecule has 2 rings (SSSR count). The maximum Gasteiger partial charge on any atom is 0.235 e. The third kappa shape index (κ3) is 3.90. The molecule has 114 valence electrons. The molecule has 0 radical (unpaired) electrons. The van der Waals surface area contributed by atoms with Crippen molar-refractivity contribution in [3.8, 4) is 0 Å². The summed E-state index contributed by atoms with van der Waals surface area (Å²) in [7, 11) is 0. The lowest BCUT2D eigenvalue weighted by atomic mass is 9.91. The van der Waals surface area contributed by atoms with Crippen molar-refractivity contribution in [2.24, 2.45) is 0 Å². The number of nitrogens with zero attached hydrogens (tertiary/aromatic N) is 1. The number of aromatic nitrogens is 2. The van der Waals surface area contributed by atoms with Crippen LogP contribution in [0.1, 0.15) is 62.9 Å². The Hall–Kier alpha value is -2.17. The van der Waals surface area contributed by atoms with E-state index < -0.39 is 0 Å². The predicted molar refractivity (Wildman–Crippen MR) is 84.5 cm³/mol. The Morgan fingerprint density at radius 3 is 2.67 bits per heavy atom. The third-order valence-corrected chi connectivity index (χ3v) is 3.16. The number of aromatic amines is 1. The lowest BCUT2D eigenvalue weighted by molar-refractivity contribution is -0.134. The van der Waals surface area contributed by atoms with Crippen LogP contribution in [0.4, 0.5) is 0 Å². The average Bonchev–Trinajstić information content (AvgIpc) is 2.90. The van der Waals surface area contributed by atoms with Gasteiger partial charge in [-0.2, -0.15) is 5.10 Å². The lowest BCUT2D eigenvalue weighted by Gasteiger charge is -2.20. The first-order valence-corrected chi connectivity index (χ1v) is 7.38. The first-order valence-electron chi connectivity index (χ1n) is 7.38. The second-order valence-corrected chi connectivity index (χ2v) is 4.45. The Morgan fingerprint density at radius 2 is 2.10 bits per heavy atom. The van der Waals surface area contributed by atoms with Crippen molar-refractivity contribution in [3.05, 3.63) is 29.6 Å². The number of nitrogens with one attached hydrogen (secondary N) is 2. The van der Waals surface area contributed by atoms with Crippen LogP contribution < -0.4 is 5.32 Å². The molecule has 1 aromatic heterocycles. The topological polar surface area (TPSA) is 74.8 Å². The Kier molecular flexibility index (Phi) is 6.59. The highest BCUT2D eigenvalue weighted by Crippen LogP contribution is 2.28. The summed E-state index contributed by atoms with van der Waals surface area (Å²) in [5.74, 6) is -0.826. The number of amides is 2. The van der Waals surface area contributed by atoms with Crippen molar-refractivity contribution < 1.29 is 9.59 Å². The van der Waals surface area contributed by atoms with Gasteiger partial charge in [-0.15, -0.1) is 0 Å². The molecule has 1 aromatic rings. The second-order valence-electron chi connectivity index (χ2n) is 4.45. The molecule has 2 amide bonds. The molecule has 5 nitrogen and oxygen atoms in total. The Balaban J connectivity index is 0.00000106. The number of rotatable bonds is 4. The highest BCUT2D eigenvalue weighted by atomic mass is 16.2. The van der Waals surface area contributed by atoms with E-state index in [9.17, 15) is 9.59 Å². The van der Waals surface area contributed by atoms with Crippen molar-refractivity contribution in [1.82, 2.24) is 15.5 Å². The minimum absolute atomic E-state index is 0.213. The summed E-state index contributed by atoms with van der Waals surface area (Å²) in [5.41, 5.74) is 2.36. The van der Waals surface area contributed by atoms with E-state index in [0.29, 0.717) is 12.8 Å². The van der Waals surface area contributed by atoms with Gasteiger partial charge < -0.3 is 0 Å². The minimum atomic E-state index is -0.351. The lowest BCUT2D eigenvalue weighted by Crippen LogP contribution is -2.39. The van der Waals surface area contributed by atoms with Crippen molar-refractivity contribution in [2.75, 3.05) is 0 Å². The fourth-order valence-corrected chi connectivity index (χ4v) is 2.18. The van der Waals surface area contributed by atoms with Crippen molar-refractivity contribution >= 4 is 24.0 Å². The number of imide groups is 1. The first-order chi connectivity index (χ1) is 10.2. The number of piperidine rings is 1. The molecule has 0 aliphatic carbocycles. The molecule has 2 N–H and O–H groups in total. The van der Waals surface area contributed by atoms with E-state index in [0.717, 1.165) is 23.4 Å². The molecular formula is C16H23N3O2. The summed E-state index contributed by atoms with van der Waals surface area (Å²) >= 11 is 0. The summed E-state index contributed by atoms with van der Waals surface area (Å²) < 4.78 is 0. The maximum absolute atomic E-state index is 11.9. The van der Waals surface area contributed by atoms with E-state index in [1.165, 1.54) is 0 Å². The number of H-pyrrole nitrogens is 1. The molecular weight excluding hydrogens is 266 g/mol. The number of hydrogen-bond donors (Lipinski definition) is 2. The largest absolute Gasteiger partial charge is 0.296 e. The third-order valence-electron chi connectivity index (χ3n) is 3.16. The molecule has 5 heteroatoms. The van der Waals surface area contributed by atoms with E-state index in [1.54, 1.807) is 6.08 Å². The number of carbonyl (C=O) groups is 2.